The van der Waals surface area contributed by atoms with Crippen LogP contribution in [0, 0.1) is 0 Å². The molecule has 0 heterocycles. The van der Waals surface area contributed by atoms with E-state index >= 15 is 0 Å². The normalized spacial score (nSPS) is 15.3. The summed E-state index contributed by atoms with van der Waals surface area (Å²) in [6.07, 6.45) is 3.43. The third-order valence-corrected chi connectivity index (χ3v) is 2.78. The van der Waals surface area contributed by atoms with Gasteiger partial charge in [0.2, 0.25) is 0 Å². The molecule has 0 aromatic heterocycles. The molecule has 0 spiro atoms. The van der Waals surface area contributed by atoms with Gasteiger partial charge in [-0.1, -0.05) is 17.7 Å². The van der Waals surface area contributed by atoms with Crippen LogP contribution in [0.25, 0.3) is 6.08 Å². The summed E-state index contributed by atoms with van der Waals surface area (Å²) < 4.78 is 0.889. The van der Waals surface area contributed by atoms with Crippen molar-refractivity contribution in [3.05, 3.63) is 34.9 Å². The Morgan fingerprint density at radius 3 is 2.50 bits per heavy atom. The summed E-state index contributed by atoms with van der Waals surface area (Å²) in [7, 11) is 6.60. The van der Waals surface area contributed by atoms with Gasteiger partial charge >= 0.3 is 0 Å². The maximum Gasteiger partial charge on any atom is 0.132 e. The van der Waals surface area contributed by atoms with Crippen LogP contribution in [-0.2, 0) is 6.42 Å². The van der Waals surface area contributed by atoms with Gasteiger partial charge in [0.25, 0.3) is 0 Å². The van der Waals surface area contributed by atoms with E-state index in [2.05, 4.69) is 52.3 Å². The van der Waals surface area contributed by atoms with Crippen molar-refractivity contribution >= 4 is 11.8 Å². The van der Waals surface area contributed by atoms with Crippen molar-refractivity contribution in [2.24, 2.45) is 0 Å². The average molecular weight is 188 g/mol. The third-order valence-electron chi connectivity index (χ3n) is 2.78. The molecule has 0 radical (unpaired) electrons. The molecular weight excluding hydrogens is 170 g/mol. The zero-order valence-electron chi connectivity index (χ0n) is 9.46. The Morgan fingerprint density at radius 1 is 1.14 bits per heavy atom. The van der Waals surface area contributed by atoms with Crippen molar-refractivity contribution in [3.8, 4) is 0 Å². The number of benzene rings is 1. The first kappa shape index (κ1) is 9.47. The molecule has 74 valence electrons. The summed E-state index contributed by atoms with van der Waals surface area (Å²) in [5, 5.41) is 0. The molecule has 1 aliphatic rings. The maximum absolute atomic E-state index is 2.31. The van der Waals surface area contributed by atoms with Crippen molar-refractivity contribution in [1.29, 1.82) is 0 Å². The molecule has 0 unspecified atom stereocenters. The molecule has 0 saturated heterocycles. The largest absolute Gasteiger partial charge is 0.298 e. The first-order valence-electron chi connectivity index (χ1n) is 5.09. The summed E-state index contributed by atoms with van der Waals surface area (Å²) in [6.45, 7) is 2.20. The molecule has 0 fully saturated rings. The van der Waals surface area contributed by atoms with Gasteiger partial charge in [-0.15, -0.1) is 0 Å². The Labute approximate surface area is 86.3 Å². The molecule has 0 aliphatic heterocycles. The van der Waals surface area contributed by atoms with E-state index in [0.29, 0.717) is 0 Å². The number of nitrogens with zero attached hydrogens (tertiary/aromatic N) is 1. The fourth-order valence-electron chi connectivity index (χ4n) is 1.91. The van der Waals surface area contributed by atoms with Crippen LogP contribution in [0.4, 0.5) is 5.69 Å². The molecular formula is C13H18N+. The second-order valence-corrected chi connectivity index (χ2v) is 5.06. The lowest BCUT2D eigenvalue weighted by Gasteiger charge is -2.23. The van der Waals surface area contributed by atoms with Crippen molar-refractivity contribution < 1.29 is 0 Å². The Balaban J connectivity index is 2.46. The van der Waals surface area contributed by atoms with Crippen molar-refractivity contribution in [2.45, 2.75) is 13.3 Å². The van der Waals surface area contributed by atoms with E-state index in [0.717, 1.165) is 10.9 Å². The van der Waals surface area contributed by atoms with Crippen molar-refractivity contribution in [1.82, 2.24) is 4.48 Å². The third kappa shape index (κ3) is 1.60. The highest BCUT2D eigenvalue weighted by molar-refractivity contribution is 5.67. The molecule has 0 N–H and O–H groups in total. The number of allylic oxidation sites excluding steroid dienone is 1. The molecule has 0 bridgehead atoms. The van der Waals surface area contributed by atoms with Crippen LogP contribution >= 0.6 is 0 Å². The molecule has 2 rings (SSSR count). The lowest BCUT2D eigenvalue weighted by Crippen LogP contribution is -2.34. The van der Waals surface area contributed by atoms with Gasteiger partial charge < -0.3 is 0 Å². The van der Waals surface area contributed by atoms with Gasteiger partial charge in [-0.05, 0) is 30.5 Å². The van der Waals surface area contributed by atoms with Gasteiger partial charge in [0.05, 0.1) is 21.1 Å². The molecule has 14 heavy (non-hydrogen) atoms. The number of hydrogen-bond donors (Lipinski definition) is 0. The van der Waals surface area contributed by atoms with E-state index < -0.39 is 0 Å². The van der Waals surface area contributed by atoms with E-state index in [4.69, 9.17) is 0 Å². The standard InChI is InChI=1S/C13H18N/c1-10-7-11-5-6-13(14(2,3)4)9-12(11)8-10/h5-6,8-9H,7H2,1-4H3/q+1. The van der Waals surface area contributed by atoms with Crippen LogP contribution in [0.1, 0.15) is 18.1 Å². The van der Waals surface area contributed by atoms with Gasteiger partial charge in [0, 0.05) is 6.07 Å². The number of quaternary nitrogens is 1. The van der Waals surface area contributed by atoms with E-state index in [1.54, 1.807) is 0 Å². The minimum atomic E-state index is 0.889. The second-order valence-electron chi connectivity index (χ2n) is 5.06. The molecule has 1 heteroatoms. The molecule has 1 aliphatic carbocycles. The highest BCUT2D eigenvalue weighted by atomic mass is 15.3. The van der Waals surface area contributed by atoms with Gasteiger partial charge in [-0.2, -0.15) is 0 Å². The van der Waals surface area contributed by atoms with Gasteiger partial charge in [-0.3, -0.25) is 4.48 Å². The average Bonchev–Trinajstić information content (AvgIpc) is 2.41. The monoisotopic (exact) mass is 188 g/mol. The molecule has 0 saturated carbocycles. The number of fused-ring (bicyclic) bond motifs is 1. The van der Waals surface area contributed by atoms with E-state index in [1.165, 1.54) is 22.4 Å². The molecule has 0 amide bonds. The van der Waals surface area contributed by atoms with Crippen LogP contribution in [0.3, 0.4) is 0 Å². The summed E-state index contributed by atoms with van der Waals surface area (Å²) >= 11 is 0. The molecule has 1 nitrogen and oxygen atoms in total. The van der Waals surface area contributed by atoms with Crippen LogP contribution in [0.2, 0.25) is 0 Å². The first-order chi connectivity index (χ1) is 6.47. The van der Waals surface area contributed by atoms with Gasteiger partial charge in [0.1, 0.15) is 5.69 Å². The minimum Gasteiger partial charge on any atom is -0.298 e. The van der Waals surface area contributed by atoms with Crippen molar-refractivity contribution in [3.63, 3.8) is 0 Å². The topological polar surface area (TPSA) is 0 Å². The Morgan fingerprint density at radius 2 is 1.86 bits per heavy atom. The maximum atomic E-state index is 2.31. The summed E-state index contributed by atoms with van der Waals surface area (Å²) in [4.78, 5) is 0. The second kappa shape index (κ2) is 2.96. The fraction of sp³-hybridized carbons (Fsp3) is 0.385. The zero-order valence-corrected chi connectivity index (χ0v) is 9.46. The van der Waals surface area contributed by atoms with Gasteiger partial charge in [0.15, 0.2) is 0 Å². The minimum absolute atomic E-state index is 0.889. The lowest BCUT2D eigenvalue weighted by molar-refractivity contribution is 0.486. The SMILES string of the molecule is CC1=Cc2cc([N+](C)(C)C)ccc2C1. The first-order valence-corrected chi connectivity index (χ1v) is 5.09. The van der Waals surface area contributed by atoms with E-state index in [-0.39, 0.29) is 0 Å². The van der Waals surface area contributed by atoms with Crippen LogP contribution < -0.4 is 4.48 Å². The zero-order chi connectivity index (χ0) is 10.3. The van der Waals surface area contributed by atoms with Crippen LogP contribution in [-0.4, -0.2) is 21.1 Å². The van der Waals surface area contributed by atoms with E-state index in [9.17, 15) is 0 Å². The lowest BCUT2D eigenvalue weighted by atomic mass is 10.1. The predicted molar refractivity (Wildman–Crippen MR) is 63.4 cm³/mol. The quantitative estimate of drug-likeness (QED) is 0.594. The summed E-state index contributed by atoms with van der Waals surface area (Å²) in [5.41, 5.74) is 5.72. The Kier molecular flexibility index (Phi) is 2.00. The smallest absolute Gasteiger partial charge is 0.132 e. The summed E-state index contributed by atoms with van der Waals surface area (Å²) in [5.74, 6) is 0. The van der Waals surface area contributed by atoms with E-state index in [1.807, 2.05) is 0 Å². The highest BCUT2D eigenvalue weighted by Crippen LogP contribution is 2.29. The number of hydrogen-bond acceptors (Lipinski definition) is 0. The fourth-order valence-corrected chi connectivity index (χ4v) is 1.91. The molecule has 1 aromatic rings. The van der Waals surface area contributed by atoms with Gasteiger partial charge in [-0.25, -0.2) is 0 Å². The summed E-state index contributed by atoms with van der Waals surface area (Å²) in [6, 6.07) is 6.82. The van der Waals surface area contributed by atoms with Crippen molar-refractivity contribution in [2.75, 3.05) is 21.1 Å². The predicted octanol–water partition coefficient (Wildman–Crippen LogP) is 2.84. The van der Waals surface area contributed by atoms with Crippen LogP contribution in [0.15, 0.2) is 23.8 Å². The molecule has 1 aromatic carbocycles. The number of rotatable bonds is 1. The highest BCUT2D eigenvalue weighted by Gasteiger charge is 2.16. The van der Waals surface area contributed by atoms with Crippen LogP contribution in [0.5, 0.6) is 0 Å². The Bertz CT molecular complexity index is 394. The Hall–Kier alpha value is -1.08. The molecule has 0 atom stereocenters.